The Bertz CT molecular complexity index is 1120. The Morgan fingerprint density at radius 3 is 2.88 bits per heavy atom. The second kappa shape index (κ2) is 9.50. The predicted octanol–water partition coefficient (Wildman–Crippen LogP) is 1.64. The van der Waals surface area contributed by atoms with Crippen LogP contribution < -0.4 is 5.32 Å². The maximum absolute atomic E-state index is 13.1. The SMILES string of the molecule is CC(C)C1CN(CCc2cn(-c3cccc4c3CN(C3CCC(=O)NC3=O)C4=O)nn2)CCS1. The molecule has 180 valence electrons. The van der Waals surface area contributed by atoms with Gasteiger partial charge in [0.2, 0.25) is 11.8 Å². The summed E-state index contributed by atoms with van der Waals surface area (Å²) in [7, 11) is 0. The number of piperidine rings is 1. The highest BCUT2D eigenvalue weighted by atomic mass is 32.2. The number of hydrogen-bond donors (Lipinski definition) is 1. The summed E-state index contributed by atoms with van der Waals surface area (Å²) in [5.74, 6) is 0.969. The Labute approximate surface area is 203 Å². The minimum Gasteiger partial charge on any atom is -0.322 e. The minimum absolute atomic E-state index is 0.186. The lowest BCUT2D eigenvalue weighted by Gasteiger charge is -2.34. The second-order valence-corrected chi connectivity index (χ2v) is 10.9. The summed E-state index contributed by atoms with van der Waals surface area (Å²) >= 11 is 2.07. The molecule has 10 heteroatoms. The molecule has 3 aliphatic rings. The molecule has 2 atom stereocenters. The maximum Gasteiger partial charge on any atom is 0.255 e. The quantitative estimate of drug-likeness (QED) is 0.625. The van der Waals surface area contributed by atoms with Crippen molar-refractivity contribution >= 4 is 29.5 Å². The van der Waals surface area contributed by atoms with Gasteiger partial charge >= 0.3 is 0 Å². The Balaban J connectivity index is 1.28. The number of fused-ring (bicyclic) bond motifs is 1. The fourth-order valence-electron chi connectivity index (χ4n) is 4.93. The van der Waals surface area contributed by atoms with Gasteiger partial charge in [-0.3, -0.25) is 19.7 Å². The van der Waals surface area contributed by atoms with Gasteiger partial charge in [-0.1, -0.05) is 25.1 Å². The van der Waals surface area contributed by atoms with Crippen LogP contribution in [0.25, 0.3) is 5.69 Å². The van der Waals surface area contributed by atoms with Crippen molar-refractivity contribution in [2.45, 2.75) is 50.9 Å². The summed E-state index contributed by atoms with van der Waals surface area (Å²) in [5.41, 5.74) is 3.13. The van der Waals surface area contributed by atoms with Crippen LogP contribution in [0.3, 0.4) is 0 Å². The summed E-state index contributed by atoms with van der Waals surface area (Å²) < 4.78 is 1.73. The van der Waals surface area contributed by atoms with E-state index >= 15 is 0 Å². The Morgan fingerprint density at radius 2 is 2.09 bits per heavy atom. The van der Waals surface area contributed by atoms with E-state index in [0.29, 0.717) is 29.7 Å². The second-order valence-electron chi connectivity index (χ2n) is 9.56. The Hall–Kier alpha value is -2.72. The van der Waals surface area contributed by atoms with Gasteiger partial charge in [0.05, 0.1) is 17.6 Å². The molecule has 4 heterocycles. The van der Waals surface area contributed by atoms with E-state index in [0.717, 1.165) is 43.0 Å². The van der Waals surface area contributed by atoms with Gasteiger partial charge in [-0.15, -0.1) is 5.10 Å². The number of carbonyl (C=O) groups excluding carboxylic acids is 3. The van der Waals surface area contributed by atoms with E-state index in [1.807, 2.05) is 18.3 Å². The van der Waals surface area contributed by atoms with Gasteiger partial charge in [0.15, 0.2) is 0 Å². The standard InChI is InChI=1S/C24H30N6O3S/c1-15(2)21-14-28(10-11-34-21)9-8-16-12-30(27-26-16)19-5-3-4-17-18(19)13-29(24(17)33)20-6-7-22(31)25-23(20)32/h3-5,12,15,20-21H,6-11,13-14H2,1-2H3,(H,25,31,32). The van der Waals surface area contributed by atoms with Crippen LogP contribution in [0.4, 0.5) is 0 Å². The van der Waals surface area contributed by atoms with E-state index in [2.05, 4.69) is 46.1 Å². The van der Waals surface area contributed by atoms with Crippen molar-refractivity contribution < 1.29 is 14.4 Å². The average molecular weight is 483 g/mol. The van der Waals surface area contributed by atoms with Gasteiger partial charge in [0.25, 0.3) is 5.91 Å². The number of nitrogens with zero attached hydrogens (tertiary/aromatic N) is 5. The molecule has 34 heavy (non-hydrogen) atoms. The monoisotopic (exact) mass is 482 g/mol. The molecule has 0 spiro atoms. The molecule has 9 nitrogen and oxygen atoms in total. The van der Waals surface area contributed by atoms with Crippen LogP contribution in [0.2, 0.25) is 0 Å². The van der Waals surface area contributed by atoms with E-state index in [-0.39, 0.29) is 18.2 Å². The van der Waals surface area contributed by atoms with Crippen molar-refractivity contribution in [3.8, 4) is 5.69 Å². The normalized spacial score (nSPS) is 23.5. The van der Waals surface area contributed by atoms with Crippen LogP contribution in [-0.4, -0.2) is 79.2 Å². The molecule has 2 aromatic rings. The minimum atomic E-state index is -0.630. The zero-order valence-electron chi connectivity index (χ0n) is 19.6. The molecule has 2 unspecified atom stereocenters. The molecular weight excluding hydrogens is 452 g/mol. The molecule has 3 aliphatic heterocycles. The van der Waals surface area contributed by atoms with Crippen LogP contribution in [0, 0.1) is 5.92 Å². The molecule has 0 saturated carbocycles. The molecular formula is C24H30N6O3S. The van der Waals surface area contributed by atoms with Crippen molar-refractivity contribution in [1.82, 2.24) is 30.1 Å². The third-order valence-corrected chi connectivity index (χ3v) is 8.49. The van der Waals surface area contributed by atoms with Crippen LogP contribution in [0.15, 0.2) is 24.4 Å². The van der Waals surface area contributed by atoms with Gasteiger partial charge in [-0.05, 0) is 24.5 Å². The number of carbonyl (C=O) groups is 3. The molecule has 5 rings (SSSR count). The van der Waals surface area contributed by atoms with Crippen molar-refractivity contribution in [1.29, 1.82) is 0 Å². The predicted molar refractivity (Wildman–Crippen MR) is 129 cm³/mol. The number of aromatic nitrogens is 3. The van der Waals surface area contributed by atoms with Gasteiger partial charge in [-0.2, -0.15) is 11.8 Å². The van der Waals surface area contributed by atoms with E-state index in [1.165, 1.54) is 5.75 Å². The van der Waals surface area contributed by atoms with Gasteiger partial charge in [0.1, 0.15) is 6.04 Å². The fourth-order valence-corrected chi connectivity index (χ4v) is 6.29. The molecule has 0 radical (unpaired) electrons. The van der Waals surface area contributed by atoms with Crippen molar-refractivity contribution in [3.63, 3.8) is 0 Å². The van der Waals surface area contributed by atoms with E-state index in [1.54, 1.807) is 15.6 Å². The number of amides is 3. The van der Waals surface area contributed by atoms with E-state index < -0.39 is 11.9 Å². The first-order valence-electron chi connectivity index (χ1n) is 11.9. The largest absolute Gasteiger partial charge is 0.322 e. The summed E-state index contributed by atoms with van der Waals surface area (Å²) in [4.78, 5) is 41.0. The highest BCUT2D eigenvalue weighted by molar-refractivity contribution is 8.00. The zero-order valence-corrected chi connectivity index (χ0v) is 20.4. The lowest BCUT2D eigenvalue weighted by molar-refractivity contribution is -0.136. The van der Waals surface area contributed by atoms with Gasteiger partial charge < -0.3 is 9.80 Å². The molecule has 1 N–H and O–H groups in total. The van der Waals surface area contributed by atoms with E-state index in [4.69, 9.17) is 0 Å². The summed E-state index contributed by atoms with van der Waals surface area (Å²) in [5, 5.41) is 11.8. The molecule has 2 saturated heterocycles. The molecule has 2 fully saturated rings. The first kappa shape index (κ1) is 23.0. The van der Waals surface area contributed by atoms with Crippen molar-refractivity contribution in [2.75, 3.05) is 25.4 Å². The lowest BCUT2D eigenvalue weighted by Crippen LogP contribution is -2.52. The van der Waals surface area contributed by atoms with Crippen LogP contribution in [0.1, 0.15) is 48.3 Å². The number of nitrogens with one attached hydrogen (secondary N) is 1. The van der Waals surface area contributed by atoms with Gasteiger partial charge in [-0.25, -0.2) is 4.68 Å². The first-order chi connectivity index (χ1) is 16.4. The van der Waals surface area contributed by atoms with E-state index in [9.17, 15) is 14.4 Å². The van der Waals surface area contributed by atoms with Crippen LogP contribution in [0.5, 0.6) is 0 Å². The fraction of sp³-hybridized carbons (Fsp3) is 0.542. The van der Waals surface area contributed by atoms with Crippen molar-refractivity contribution in [3.05, 3.63) is 41.2 Å². The molecule has 1 aromatic carbocycles. The Kier molecular flexibility index (Phi) is 6.44. The number of benzene rings is 1. The number of thioether (sulfide) groups is 1. The summed E-state index contributed by atoms with van der Waals surface area (Å²) in [6, 6.07) is 4.91. The van der Waals surface area contributed by atoms with Gasteiger partial charge in [0, 0.05) is 61.2 Å². The summed E-state index contributed by atoms with van der Waals surface area (Å²) in [6.07, 6.45) is 3.35. The average Bonchev–Trinajstić information content (AvgIpc) is 3.43. The highest BCUT2D eigenvalue weighted by Gasteiger charge is 2.40. The summed E-state index contributed by atoms with van der Waals surface area (Å²) in [6.45, 7) is 8.06. The highest BCUT2D eigenvalue weighted by Crippen LogP contribution is 2.31. The zero-order chi connectivity index (χ0) is 23.8. The number of imide groups is 1. The van der Waals surface area contributed by atoms with Crippen LogP contribution >= 0.6 is 11.8 Å². The molecule has 1 aromatic heterocycles. The van der Waals surface area contributed by atoms with Crippen molar-refractivity contribution in [2.24, 2.45) is 5.92 Å². The topological polar surface area (TPSA) is 100 Å². The third kappa shape index (κ3) is 4.48. The smallest absolute Gasteiger partial charge is 0.255 e. The Morgan fingerprint density at radius 1 is 1.24 bits per heavy atom. The maximum atomic E-state index is 13.1. The first-order valence-corrected chi connectivity index (χ1v) is 13.0. The molecule has 3 amide bonds. The van der Waals surface area contributed by atoms with Crippen LogP contribution in [-0.2, 0) is 22.6 Å². The number of rotatable bonds is 6. The molecule has 0 bridgehead atoms. The third-order valence-electron chi connectivity index (χ3n) is 6.95. The molecule has 0 aliphatic carbocycles. The number of hydrogen-bond acceptors (Lipinski definition) is 7. The lowest BCUT2D eigenvalue weighted by atomic mass is 10.0.